The minimum absolute atomic E-state index is 0.320. The molecular formula is C21H18BrF2NO2. The Hall–Kier alpha value is -2.47. The molecular weight excluding hydrogens is 416 g/mol. The third-order valence-corrected chi connectivity index (χ3v) is 5.25. The lowest BCUT2D eigenvalue weighted by molar-refractivity contribution is 0.0934. The number of hydrogen-bond acceptors (Lipinski definition) is 2. The molecule has 1 heterocycles. The predicted octanol–water partition coefficient (Wildman–Crippen LogP) is 5.65. The molecule has 0 radical (unpaired) electrons. The fourth-order valence-corrected chi connectivity index (χ4v) is 3.56. The molecule has 0 spiro atoms. The van der Waals surface area contributed by atoms with E-state index in [-0.39, 0.29) is 11.7 Å². The maximum absolute atomic E-state index is 13.7. The van der Waals surface area contributed by atoms with Crippen LogP contribution in [0.15, 0.2) is 57.4 Å². The van der Waals surface area contributed by atoms with E-state index in [9.17, 15) is 13.6 Å². The molecule has 3 nitrogen and oxygen atoms in total. The van der Waals surface area contributed by atoms with E-state index in [0.29, 0.717) is 39.1 Å². The Kier molecular flexibility index (Phi) is 5.75. The molecule has 3 aromatic rings. The van der Waals surface area contributed by atoms with Crippen LogP contribution in [0.1, 0.15) is 39.0 Å². The van der Waals surface area contributed by atoms with Crippen LogP contribution in [0.3, 0.4) is 0 Å². The summed E-state index contributed by atoms with van der Waals surface area (Å²) in [5.74, 6) is -0.0176. The van der Waals surface area contributed by atoms with Crippen molar-refractivity contribution in [1.29, 1.82) is 0 Å². The largest absolute Gasteiger partial charge is 0.465 e. The summed E-state index contributed by atoms with van der Waals surface area (Å²) in [5.41, 5.74) is 1.69. The highest BCUT2D eigenvalue weighted by Crippen LogP contribution is 2.28. The topological polar surface area (TPSA) is 42.2 Å². The van der Waals surface area contributed by atoms with E-state index < -0.39 is 11.9 Å². The molecule has 1 atom stereocenters. The Morgan fingerprint density at radius 2 is 1.74 bits per heavy atom. The first-order chi connectivity index (χ1) is 12.8. The fourth-order valence-electron chi connectivity index (χ4n) is 3.02. The van der Waals surface area contributed by atoms with Crippen molar-refractivity contribution in [3.63, 3.8) is 0 Å². The van der Waals surface area contributed by atoms with Crippen molar-refractivity contribution in [3.8, 4) is 0 Å². The van der Waals surface area contributed by atoms with Crippen LogP contribution in [-0.4, -0.2) is 5.91 Å². The molecule has 6 heteroatoms. The SMILES string of the molecule is Cc1oc(C)c(C(=O)NC(Cc2cccc(F)c2)c2cccc(F)c2)c1Br. The number of carbonyl (C=O) groups excluding carboxylic acids is 1. The van der Waals surface area contributed by atoms with E-state index in [0.717, 1.165) is 0 Å². The van der Waals surface area contributed by atoms with Gasteiger partial charge in [-0.15, -0.1) is 0 Å². The van der Waals surface area contributed by atoms with E-state index in [1.54, 1.807) is 38.1 Å². The molecule has 0 saturated carbocycles. The number of carbonyl (C=O) groups is 1. The van der Waals surface area contributed by atoms with Gasteiger partial charge in [-0.1, -0.05) is 24.3 Å². The van der Waals surface area contributed by atoms with Crippen molar-refractivity contribution < 1.29 is 18.0 Å². The van der Waals surface area contributed by atoms with Crippen molar-refractivity contribution in [1.82, 2.24) is 5.32 Å². The Labute approximate surface area is 164 Å². The number of rotatable bonds is 5. The van der Waals surface area contributed by atoms with Gasteiger partial charge in [0.2, 0.25) is 0 Å². The lowest BCUT2D eigenvalue weighted by Gasteiger charge is -2.20. The molecule has 0 bridgehead atoms. The first kappa shape index (κ1) is 19.3. The molecule has 0 aliphatic carbocycles. The van der Waals surface area contributed by atoms with Gasteiger partial charge in [-0.2, -0.15) is 0 Å². The third-order valence-electron chi connectivity index (χ3n) is 4.30. The van der Waals surface area contributed by atoms with Gasteiger partial charge in [0.05, 0.1) is 16.1 Å². The van der Waals surface area contributed by atoms with Crippen LogP contribution in [0.4, 0.5) is 8.78 Å². The van der Waals surface area contributed by atoms with Gasteiger partial charge in [-0.25, -0.2) is 8.78 Å². The molecule has 0 fully saturated rings. The Balaban J connectivity index is 1.93. The summed E-state index contributed by atoms with van der Waals surface area (Å²) in [7, 11) is 0. The molecule has 1 N–H and O–H groups in total. The number of furan rings is 1. The third kappa shape index (κ3) is 4.45. The van der Waals surface area contributed by atoms with Crippen molar-refractivity contribution in [2.45, 2.75) is 26.3 Å². The smallest absolute Gasteiger partial charge is 0.256 e. The lowest BCUT2D eigenvalue weighted by atomic mass is 9.98. The Morgan fingerprint density at radius 3 is 2.33 bits per heavy atom. The summed E-state index contributed by atoms with van der Waals surface area (Å²) in [6.45, 7) is 3.46. The number of nitrogens with one attached hydrogen (secondary N) is 1. The normalized spacial score (nSPS) is 12.0. The van der Waals surface area contributed by atoms with Gasteiger partial charge in [0.25, 0.3) is 5.91 Å². The maximum atomic E-state index is 13.7. The van der Waals surface area contributed by atoms with Crippen molar-refractivity contribution in [2.24, 2.45) is 0 Å². The van der Waals surface area contributed by atoms with Crippen LogP contribution >= 0.6 is 15.9 Å². The highest BCUT2D eigenvalue weighted by atomic mass is 79.9. The molecule has 0 aliphatic heterocycles. The van der Waals surface area contributed by atoms with Gasteiger partial charge in [-0.3, -0.25) is 4.79 Å². The zero-order valence-corrected chi connectivity index (χ0v) is 16.4. The number of hydrogen-bond donors (Lipinski definition) is 1. The second kappa shape index (κ2) is 8.05. The quantitative estimate of drug-likeness (QED) is 0.564. The van der Waals surface area contributed by atoms with E-state index in [1.807, 2.05) is 0 Å². The Morgan fingerprint density at radius 1 is 1.07 bits per heavy atom. The predicted molar refractivity (Wildman–Crippen MR) is 103 cm³/mol. The molecule has 1 unspecified atom stereocenters. The zero-order chi connectivity index (χ0) is 19.6. The van der Waals surface area contributed by atoms with Gasteiger partial charge in [0.1, 0.15) is 23.2 Å². The molecule has 0 saturated heterocycles. The highest BCUT2D eigenvalue weighted by Gasteiger charge is 2.23. The van der Waals surface area contributed by atoms with E-state index in [1.165, 1.54) is 24.3 Å². The van der Waals surface area contributed by atoms with Gasteiger partial charge >= 0.3 is 0 Å². The molecule has 0 aliphatic rings. The zero-order valence-electron chi connectivity index (χ0n) is 14.9. The molecule has 27 heavy (non-hydrogen) atoms. The van der Waals surface area contributed by atoms with Crippen LogP contribution in [0.2, 0.25) is 0 Å². The van der Waals surface area contributed by atoms with E-state index in [2.05, 4.69) is 21.2 Å². The van der Waals surface area contributed by atoms with Gasteiger partial charge < -0.3 is 9.73 Å². The second-order valence-electron chi connectivity index (χ2n) is 6.32. The Bertz CT molecular complexity index is 984. The summed E-state index contributed by atoms with van der Waals surface area (Å²) >= 11 is 3.37. The van der Waals surface area contributed by atoms with Gasteiger partial charge in [-0.05, 0) is 71.6 Å². The minimum Gasteiger partial charge on any atom is -0.465 e. The van der Waals surface area contributed by atoms with Crippen LogP contribution in [0.5, 0.6) is 0 Å². The fraction of sp³-hybridized carbons (Fsp3) is 0.190. The standard InChI is InChI=1S/C21H18BrF2NO2/c1-12-19(20(22)13(2)27-12)21(26)25-18(15-6-4-8-17(24)11-15)10-14-5-3-7-16(23)9-14/h3-9,11,18H,10H2,1-2H3,(H,25,26). The van der Waals surface area contributed by atoms with Crippen LogP contribution in [0, 0.1) is 25.5 Å². The van der Waals surface area contributed by atoms with E-state index in [4.69, 9.17) is 4.42 Å². The van der Waals surface area contributed by atoms with Crippen molar-refractivity contribution >= 4 is 21.8 Å². The first-order valence-electron chi connectivity index (χ1n) is 8.41. The van der Waals surface area contributed by atoms with Crippen LogP contribution in [0.25, 0.3) is 0 Å². The summed E-state index contributed by atoms with van der Waals surface area (Å²) in [6.07, 6.45) is 0.320. The first-order valence-corrected chi connectivity index (χ1v) is 9.20. The number of halogens is 3. The summed E-state index contributed by atoms with van der Waals surface area (Å²) < 4.78 is 33.4. The number of amides is 1. The minimum atomic E-state index is -0.531. The van der Waals surface area contributed by atoms with Crippen molar-refractivity contribution in [2.75, 3.05) is 0 Å². The molecule has 1 amide bonds. The molecule has 2 aromatic carbocycles. The van der Waals surface area contributed by atoms with Crippen molar-refractivity contribution in [3.05, 3.63) is 92.8 Å². The number of aryl methyl sites for hydroxylation is 2. The number of benzene rings is 2. The van der Waals surface area contributed by atoms with Crippen LogP contribution < -0.4 is 5.32 Å². The van der Waals surface area contributed by atoms with Gasteiger partial charge in [0, 0.05) is 0 Å². The van der Waals surface area contributed by atoms with E-state index >= 15 is 0 Å². The van der Waals surface area contributed by atoms with Crippen LogP contribution in [-0.2, 0) is 6.42 Å². The summed E-state index contributed by atoms with van der Waals surface area (Å²) in [6, 6.07) is 11.6. The molecule has 1 aromatic heterocycles. The maximum Gasteiger partial charge on any atom is 0.256 e. The van der Waals surface area contributed by atoms with Gasteiger partial charge in [0.15, 0.2) is 0 Å². The monoisotopic (exact) mass is 433 g/mol. The second-order valence-corrected chi connectivity index (χ2v) is 7.11. The highest BCUT2D eigenvalue weighted by molar-refractivity contribution is 9.10. The molecule has 3 rings (SSSR count). The summed E-state index contributed by atoms with van der Waals surface area (Å²) in [5, 5.41) is 2.92. The average molecular weight is 434 g/mol. The molecule has 140 valence electrons. The lowest BCUT2D eigenvalue weighted by Crippen LogP contribution is -2.30. The summed E-state index contributed by atoms with van der Waals surface area (Å²) in [4.78, 5) is 12.9. The average Bonchev–Trinajstić information content (AvgIpc) is 2.86.